The van der Waals surface area contributed by atoms with Crippen molar-refractivity contribution in [3.63, 3.8) is 0 Å². The summed E-state index contributed by atoms with van der Waals surface area (Å²) in [7, 11) is 2.62. The third kappa shape index (κ3) is 1.64. The van der Waals surface area contributed by atoms with Crippen LogP contribution in [0.1, 0.15) is 13.3 Å². The first-order chi connectivity index (χ1) is 4.24. The topological polar surface area (TPSA) is 23.5 Å². The van der Waals surface area contributed by atoms with Crippen molar-refractivity contribution in [1.82, 2.24) is 4.67 Å². The Balaban J connectivity index is 2.38. The van der Waals surface area contributed by atoms with E-state index in [4.69, 9.17) is 0 Å². The van der Waals surface area contributed by atoms with Crippen LogP contribution in [-0.2, 0) is 0 Å². The molecule has 0 aromatic heterocycles. The van der Waals surface area contributed by atoms with E-state index in [-0.39, 0.29) is 6.10 Å². The van der Waals surface area contributed by atoms with Crippen molar-refractivity contribution in [3.05, 3.63) is 0 Å². The summed E-state index contributed by atoms with van der Waals surface area (Å²) in [4.78, 5) is 0. The third-order valence-electron chi connectivity index (χ3n) is 1.96. The van der Waals surface area contributed by atoms with Crippen LogP contribution in [0.5, 0.6) is 0 Å². The maximum absolute atomic E-state index is 9.30. The highest BCUT2D eigenvalue weighted by Gasteiger charge is 2.27. The van der Waals surface area contributed by atoms with Crippen LogP contribution in [0.15, 0.2) is 0 Å². The molecule has 3 heteroatoms. The van der Waals surface area contributed by atoms with Crippen LogP contribution in [-0.4, -0.2) is 29.0 Å². The minimum atomic E-state index is -0.0903. The molecule has 2 nitrogen and oxygen atoms in total. The molecule has 0 aromatic rings. The van der Waals surface area contributed by atoms with Gasteiger partial charge in [-0.1, -0.05) is 16.3 Å². The Morgan fingerprint density at radius 2 is 2.33 bits per heavy atom. The second-order valence-electron chi connectivity index (χ2n) is 2.69. The molecule has 1 saturated heterocycles. The maximum atomic E-state index is 9.30. The summed E-state index contributed by atoms with van der Waals surface area (Å²) in [5.74, 6) is 0.502. The number of hydrogen-bond acceptors (Lipinski definition) is 2. The maximum Gasteiger partial charge on any atom is 0.0710 e. The van der Waals surface area contributed by atoms with Gasteiger partial charge in [0.25, 0.3) is 0 Å². The Hall–Kier alpha value is 0.350. The molecule has 1 aliphatic heterocycles. The van der Waals surface area contributed by atoms with Crippen LogP contribution in [0, 0.1) is 5.92 Å². The largest absolute Gasteiger partial charge is 0.391 e. The summed E-state index contributed by atoms with van der Waals surface area (Å²) in [5, 5.41) is 9.30. The fraction of sp³-hybridized carbons (Fsp3) is 1.00. The van der Waals surface area contributed by atoms with E-state index in [1.165, 1.54) is 0 Å². The van der Waals surface area contributed by atoms with Gasteiger partial charge in [-0.25, -0.2) is 0 Å². The highest BCUT2D eigenvalue weighted by Crippen LogP contribution is 2.21. The monoisotopic (exact) mass is 147 g/mol. The summed E-state index contributed by atoms with van der Waals surface area (Å²) in [6.45, 7) is 3.98. The second-order valence-corrected chi connectivity index (χ2v) is 3.42. The van der Waals surface area contributed by atoms with Gasteiger partial charge in [0.15, 0.2) is 0 Å². The van der Waals surface area contributed by atoms with Crippen molar-refractivity contribution in [1.29, 1.82) is 0 Å². The molecule has 0 spiro atoms. The number of β-amino-alcohol motifs (C(OH)–C–C–N with tert-alkyl or cyclic N) is 1. The summed E-state index contributed by atoms with van der Waals surface area (Å²) in [6, 6.07) is 0. The third-order valence-corrected chi connectivity index (χ3v) is 2.38. The van der Waals surface area contributed by atoms with E-state index in [9.17, 15) is 5.11 Å². The fourth-order valence-corrected chi connectivity index (χ4v) is 1.77. The Morgan fingerprint density at radius 3 is 2.56 bits per heavy atom. The molecule has 3 unspecified atom stereocenters. The van der Waals surface area contributed by atoms with Crippen molar-refractivity contribution >= 4 is 9.39 Å². The molecule has 1 N–H and O–H groups in total. The predicted octanol–water partition coefficient (Wildman–Crippen LogP) is 0.479. The van der Waals surface area contributed by atoms with Gasteiger partial charge in [0.2, 0.25) is 0 Å². The van der Waals surface area contributed by atoms with Crippen LogP contribution in [0.2, 0.25) is 0 Å². The summed E-state index contributed by atoms with van der Waals surface area (Å²) in [6.07, 6.45) is 0.999. The molecule has 0 amide bonds. The lowest BCUT2D eigenvalue weighted by molar-refractivity contribution is 0.144. The molecular weight excluding hydrogens is 133 g/mol. The Bertz CT molecular complexity index is 99.1. The molecule has 3 atom stereocenters. The summed E-state index contributed by atoms with van der Waals surface area (Å²) >= 11 is 0. The van der Waals surface area contributed by atoms with Gasteiger partial charge in [-0.15, -0.1) is 0 Å². The molecule has 0 aliphatic carbocycles. The minimum absolute atomic E-state index is 0.0903. The molecule has 1 aliphatic rings. The Kier molecular flexibility index (Phi) is 2.45. The summed E-state index contributed by atoms with van der Waals surface area (Å²) < 4.78 is 2.10. The smallest absolute Gasteiger partial charge is 0.0710 e. The number of nitrogens with zero attached hydrogens (tertiary/aromatic N) is 1. The highest BCUT2D eigenvalue weighted by atomic mass is 31.0. The van der Waals surface area contributed by atoms with Crippen LogP contribution >= 0.6 is 9.39 Å². The first-order valence-corrected chi connectivity index (χ1v) is 3.93. The standard InChI is InChI=1S/C6H14NOP/c1-2-5-3-7(9)4-6(5)8/h5-6,8H,2-4,9H2,1H3. The van der Waals surface area contributed by atoms with E-state index in [0.717, 1.165) is 19.5 Å². The van der Waals surface area contributed by atoms with E-state index >= 15 is 0 Å². The van der Waals surface area contributed by atoms with E-state index < -0.39 is 0 Å². The SMILES string of the molecule is CCC1CN(P)CC1O. The first-order valence-electron chi connectivity index (χ1n) is 3.41. The quantitative estimate of drug-likeness (QED) is 0.545. The van der Waals surface area contributed by atoms with Gasteiger partial charge in [0.1, 0.15) is 0 Å². The van der Waals surface area contributed by atoms with Crippen LogP contribution in [0.3, 0.4) is 0 Å². The average Bonchev–Trinajstić information content (AvgIpc) is 2.10. The molecule has 0 aromatic carbocycles. The lowest BCUT2D eigenvalue weighted by Crippen LogP contribution is -2.16. The summed E-state index contributed by atoms with van der Waals surface area (Å²) in [5.41, 5.74) is 0. The van der Waals surface area contributed by atoms with E-state index in [2.05, 4.69) is 21.0 Å². The number of rotatable bonds is 1. The van der Waals surface area contributed by atoms with Gasteiger partial charge < -0.3 is 5.11 Å². The van der Waals surface area contributed by atoms with Crippen molar-refractivity contribution in [2.45, 2.75) is 19.4 Å². The van der Waals surface area contributed by atoms with Crippen molar-refractivity contribution in [2.75, 3.05) is 13.1 Å². The molecule has 0 bridgehead atoms. The Labute approximate surface area is 58.5 Å². The van der Waals surface area contributed by atoms with Gasteiger partial charge in [-0.3, -0.25) is 4.67 Å². The van der Waals surface area contributed by atoms with Crippen LogP contribution < -0.4 is 0 Å². The second kappa shape index (κ2) is 2.96. The molecule has 1 heterocycles. The lowest BCUT2D eigenvalue weighted by Gasteiger charge is -2.07. The molecular formula is C6H14NOP. The van der Waals surface area contributed by atoms with Crippen molar-refractivity contribution < 1.29 is 5.11 Å². The zero-order valence-corrected chi connectivity index (χ0v) is 6.90. The minimum Gasteiger partial charge on any atom is -0.391 e. The highest BCUT2D eigenvalue weighted by molar-refractivity contribution is 7.13. The van der Waals surface area contributed by atoms with Crippen molar-refractivity contribution in [3.8, 4) is 0 Å². The van der Waals surface area contributed by atoms with Gasteiger partial charge in [0.05, 0.1) is 6.10 Å². The lowest BCUT2D eigenvalue weighted by atomic mass is 10.0. The van der Waals surface area contributed by atoms with Gasteiger partial charge in [-0.05, 0) is 12.3 Å². The number of aliphatic hydroxyl groups excluding tert-OH is 1. The van der Waals surface area contributed by atoms with Gasteiger partial charge in [-0.2, -0.15) is 0 Å². The van der Waals surface area contributed by atoms with Gasteiger partial charge in [0, 0.05) is 13.1 Å². The van der Waals surface area contributed by atoms with E-state index in [1.807, 2.05) is 0 Å². The normalized spacial score (nSPS) is 37.7. The van der Waals surface area contributed by atoms with Crippen LogP contribution in [0.4, 0.5) is 0 Å². The molecule has 0 saturated carbocycles. The van der Waals surface area contributed by atoms with Gasteiger partial charge >= 0.3 is 0 Å². The van der Waals surface area contributed by atoms with E-state index in [1.54, 1.807) is 0 Å². The fourth-order valence-electron chi connectivity index (χ4n) is 1.29. The predicted molar refractivity (Wildman–Crippen MR) is 41.1 cm³/mol. The molecule has 54 valence electrons. The molecule has 1 fully saturated rings. The number of aliphatic hydroxyl groups is 1. The average molecular weight is 147 g/mol. The van der Waals surface area contributed by atoms with Crippen molar-refractivity contribution in [2.24, 2.45) is 5.92 Å². The number of hydrogen-bond donors (Lipinski definition) is 1. The zero-order valence-electron chi connectivity index (χ0n) is 5.75. The molecule has 0 radical (unpaired) electrons. The molecule has 9 heavy (non-hydrogen) atoms. The van der Waals surface area contributed by atoms with Crippen LogP contribution in [0.25, 0.3) is 0 Å². The first kappa shape index (κ1) is 7.46. The zero-order chi connectivity index (χ0) is 6.85. The molecule has 1 rings (SSSR count). The van der Waals surface area contributed by atoms with E-state index in [0.29, 0.717) is 5.92 Å². The Morgan fingerprint density at radius 1 is 1.67 bits per heavy atom.